The first-order chi connectivity index (χ1) is 14.4. The SMILES string of the molecule is Cn1ccnc1Sc1ccc(C=C(C(N)=O)c2nc3ccccc3[nH]2)cc1[N+](=O)[O-]. The van der Waals surface area contributed by atoms with Crippen molar-refractivity contribution in [3.8, 4) is 0 Å². The predicted octanol–water partition coefficient (Wildman–Crippen LogP) is 3.38. The predicted molar refractivity (Wildman–Crippen MR) is 114 cm³/mol. The molecule has 150 valence electrons. The molecule has 0 radical (unpaired) electrons. The molecule has 0 saturated heterocycles. The lowest BCUT2D eigenvalue weighted by Crippen LogP contribution is -2.13. The Hall–Kier alpha value is -3.92. The number of amides is 1. The Morgan fingerprint density at radius 1 is 1.30 bits per heavy atom. The number of H-pyrrole nitrogens is 1. The Balaban J connectivity index is 1.75. The smallest absolute Gasteiger partial charge is 0.283 e. The second kappa shape index (κ2) is 7.84. The third-order valence-electron chi connectivity index (χ3n) is 4.38. The first-order valence-corrected chi connectivity index (χ1v) is 9.64. The van der Waals surface area contributed by atoms with Gasteiger partial charge >= 0.3 is 0 Å². The maximum absolute atomic E-state index is 12.1. The molecular formula is C20H16N6O3S. The molecule has 4 rings (SSSR count). The number of benzene rings is 2. The molecule has 1 amide bonds. The number of hydrogen-bond donors (Lipinski definition) is 2. The van der Waals surface area contributed by atoms with Gasteiger partial charge in [0.05, 0.1) is 26.4 Å². The van der Waals surface area contributed by atoms with Gasteiger partial charge in [-0.1, -0.05) is 18.2 Å². The highest BCUT2D eigenvalue weighted by molar-refractivity contribution is 7.99. The molecule has 0 aliphatic carbocycles. The number of nitro benzene ring substituents is 1. The van der Waals surface area contributed by atoms with Gasteiger partial charge in [0.1, 0.15) is 5.82 Å². The van der Waals surface area contributed by atoms with Crippen molar-refractivity contribution in [1.82, 2.24) is 19.5 Å². The minimum Gasteiger partial charge on any atom is -0.365 e. The highest BCUT2D eigenvalue weighted by Crippen LogP contribution is 2.35. The van der Waals surface area contributed by atoms with E-state index in [9.17, 15) is 14.9 Å². The topological polar surface area (TPSA) is 133 Å². The van der Waals surface area contributed by atoms with E-state index in [1.165, 1.54) is 23.9 Å². The van der Waals surface area contributed by atoms with Crippen LogP contribution in [0.3, 0.4) is 0 Å². The van der Waals surface area contributed by atoms with Gasteiger partial charge in [-0.05, 0) is 41.6 Å². The summed E-state index contributed by atoms with van der Waals surface area (Å²) >= 11 is 1.19. The van der Waals surface area contributed by atoms with E-state index < -0.39 is 10.8 Å². The molecule has 3 N–H and O–H groups in total. The van der Waals surface area contributed by atoms with E-state index in [0.717, 1.165) is 5.52 Å². The number of nitrogens with one attached hydrogen (secondary N) is 1. The lowest BCUT2D eigenvalue weighted by molar-refractivity contribution is -0.387. The molecule has 0 saturated carbocycles. The van der Waals surface area contributed by atoms with Crippen LogP contribution in [0, 0.1) is 10.1 Å². The Bertz CT molecular complexity index is 1270. The second-order valence-corrected chi connectivity index (χ2v) is 7.44. The largest absolute Gasteiger partial charge is 0.365 e. The molecule has 0 fully saturated rings. The summed E-state index contributed by atoms with van der Waals surface area (Å²) in [6.07, 6.45) is 4.87. The molecular weight excluding hydrogens is 404 g/mol. The van der Waals surface area contributed by atoms with Gasteiger partial charge in [-0.25, -0.2) is 9.97 Å². The number of primary amides is 1. The molecule has 0 atom stereocenters. The van der Waals surface area contributed by atoms with Gasteiger partial charge in [0.2, 0.25) is 0 Å². The average Bonchev–Trinajstić information content (AvgIpc) is 3.32. The van der Waals surface area contributed by atoms with E-state index >= 15 is 0 Å². The van der Waals surface area contributed by atoms with Gasteiger partial charge in [-0.3, -0.25) is 14.9 Å². The minimum absolute atomic E-state index is 0.0924. The lowest BCUT2D eigenvalue weighted by Gasteiger charge is -2.05. The van der Waals surface area contributed by atoms with Gasteiger partial charge < -0.3 is 15.3 Å². The molecule has 2 aromatic carbocycles. The van der Waals surface area contributed by atoms with Crippen molar-refractivity contribution in [3.05, 3.63) is 76.4 Å². The third-order valence-corrected chi connectivity index (χ3v) is 5.52. The van der Waals surface area contributed by atoms with Crippen LogP contribution in [-0.4, -0.2) is 30.3 Å². The van der Waals surface area contributed by atoms with Crippen LogP contribution in [0.15, 0.2) is 64.9 Å². The number of rotatable bonds is 6. The van der Waals surface area contributed by atoms with Crippen molar-refractivity contribution in [3.63, 3.8) is 0 Å². The van der Waals surface area contributed by atoms with E-state index in [1.54, 1.807) is 29.1 Å². The molecule has 0 aliphatic heterocycles. The summed E-state index contributed by atoms with van der Waals surface area (Å²) in [6, 6.07) is 12.0. The van der Waals surface area contributed by atoms with Gasteiger partial charge in [-0.2, -0.15) is 0 Å². The van der Waals surface area contributed by atoms with E-state index in [1.807, 2.05) is 31.3 Å². The zero-order chi connectivity index (χ0) is 21.3. The van der Waals surface area contributed by atoms with E-state index in [0.29, 0.717) is 27.0 Å². The molecule has 0 spiro atoms. The van der Waals surface area contributed by atoms with E-state index in [-0.39, 0.29) is 11.3 Å². The number of aromatic amines is 1. The molecule has 0 bridgehead atoms. The van der Waals surface area contributed by atoms with Crippen LogP contribution in [0.5, 0.6) is 0 Å². The van der Waals surface area contributed by atoms with E-state index in [2.05, 4.69) is 15.0 Å². The lowest BCUT2D eigenvalue weighted by atomic mass is 10.1. The summed E-state index contributed by atoms with van der Waals surface area (Å²) in [5.41, 5.74) is 7.50. The number of carbonyl (C=O) groups excluding carboxylic acids is 1. The molecule has 4 aromatic rings. The first-order valence-electron chi connectivity index (χ1n) is 8.82. The maximum atomic E-state index is 12.1. The quantitative estimate of drug-likeness (QED) is 0.279. The van der Waals surface area contributed by atoms with Crippen molar-refractivity contribution < 1.29 is 9.72 Å². The summed E-state index contributed by atoms with van der Waals surface area (Å²) in [5.74, 6) is -0.388. The second-order valence-electron chi connectivity index (χ2n) is 6.43. The first kappa shape index (κ1) is 19.4. The molecule has 0 unspecified atom stereocenters. The third kappa shape index (κ3) is 3.80. The summed E-state index contributed by atoms with van der Waals surface area (Å²) in [4.78, 5) is 35.3. The van der Waals surface area contributed by atoms with Crippen LogP contribution < -0.4 is 5.73 Å². The van der Waals surface area contributed by atoms with Crippen LogP contribution in [0.2, 0.25) is 0 Å². The molecule has 9 nitrogen and oxygen atoms in total. The van der Waals surface area contributed by atoms with Crippen LogP contribution in [0.25, 0.3) is 22.7 Å². The van der Waals surface area contributed by atoms with Crippen molar-refractivity contribution in [2.24, 2.45) is 12.8 Å². The normalized spacial score (nSPS) is 11.7. The Morgan fingerprint density at radius 3 is 2.77 bits per heavy atom. The Morgan fingerprint density at radius 2 is 2.10 bits per heavy atom. The van der Waals surface area contributed by atoms with Gasteiger partial charge in [0, 0.05) is 25.5 Å². The number of nitrogens with zero attached hydrogens (tertiary/aromatic N) is 4. The number of carbonyl (C=O) groups is 1. The van der Waals surface area contributed by atoms with Crippen LogP contribution in [0.4, 0.5) is 5.69 Å². The average molecular weight is 420 g/mol. The summed E-state index contributed by atoms with van der Waals surface area (Å²) in [6.45, 7) is 0. The fourth-order valence-corrected chi connectivity index (χ4v) is 3.79. The zero-order valence-electron chi connectivity index (χ0n) is 15.8. The highest BCUT2D eigenvalue weighted by atomic mass is 32.2. The molecule has 30 heavy (non-hydrogen) atoms. The number of aryl methyl sites for hydroxylation is 1. The minimum atomic E-state index is -0.692. The van der Waals surface area contributed by atoms with Crippen molar-refractivity contribution in [2.45, 2.75) is 10.1 Å². The number of nitro groups is 1. The standard InChI is InChI=1S/C20H16N6O3S/c1-25-9-8-22-20(25)30-17-7-6-12(11-16(17)26(28)29)10-13(18(21)27)19-23-14-4-2-3-5-15(14)24-19/h2-11H,1H3,(H2,21,27)(H,23,24). The summed E-state index contributed by atoms with van der Waals surface area (Å²) in [7, 11) is 1.81. The van der Waals surface area contributed by atoms with Gasteiger partial charge in [-0.15, -0.1) is 0 Å². The highest BCUT2D eigenvalue weighted by Gasteiger charge is 2.19. The fraction of sp³-hybridized carbons (Fsp3) is 0.0500. The van der Waals surface area contributed by atoms with Crippen LogP contribution in [0.1, 0.15) is 11.4 Å². The van der Waals surface area contributed by atoms with Crippen molar-refractivity contribution >= 4 is 46.0 Å². The number of nitrogens with two attached hydrogens (primary N) is 1. The zero-order valence-corrected chi connectivity index (χ0v) is 16.6. The van der Waals surface area contributed by atoms with Crippen molar-refractivity contribution in [1.29, 1.82) is 0 Å². The molecule has 2 aromatic heterocycles. The van der Waals surface area contributed by atoms with Gasteiger partial charge in [0.15, 0.2) is 5.16 Å². The van der Waals surface area contributed by atoms with Crippen LogP contribution in [-0.2, 0) is 11.8 Å². The molecule has 2 heterocycles. The van der Waals surface area contributed by atoms with Crippen molar-refractivity contribution in [2.75, 3.05) is 0 Å². The summed E-state index contributed by atoms with van der Waals surface area (Å²) < 4.78 is 1.77. The summed E-state index contributed by atoms with van der Waals surface area (Å²) in [5, 5.41) is 12.3. The van der Waals surface area contributed by atoms with Gasteiger partial charge in [0.25, 0.3) is 11.6 Å². The Labute approximate surface area is 174 Å². The number of aromatic nitrogens is 4. The van der Waals surface area contributed by atoms with E-state index in [4.69, 9.17) is 5.73 Å². The molecule has 0 aliphatic rings. The molecule has 10 heteroatoms. The fourth-order valence-electron chi connectivity index (χ4n) is 2.90. The monoisotopic (exact) mass is 420 g/mol. The van der Waals surface area contributed by atoms with Crippen LogP contribution >= 0.6 is 11.8 Å². The number of fused-ring (bicyclic) bond motifs is 1. The number of imidazole rings is 2. The number of para-hydroxylation sites is 2. The Kier molecular flexibility index (Phi) is 5.07. The maximum Gasteiger partial charge on any atom is 0.283 e. The number of hydrogen-bond acceptors (Lipinski definition) is 6.